The third-order valence-electron chi connectivity index (χ3n) is 4.27. The van der Waals surface area contributed by atoms with E-state index in [0.29, 0.717) is 11.6 Å². The van der Waals surface area contributed by atoms with E-state index >= 15 is 0 Å². The largest absolute Gasteiger partial charge is 0.323 e. The molecule has 3 rings (SSSR count). The van der Waals surface area contributed by atoms with Crippen molar-refractivity contribution in [3.63, 3.8) is 0 Å². The number of tetrazole rings is 1. The van der Waals surface area contributed by atoms with Crippen LogP contribution in [0.5, 0.6) is 0 Å². The standard InChI is InChI=1S/C20H23ClN6O/c1-5-26(19(28)18-23-25-27(24-18)20(2,3)4)17(16-8-6-7-13-22-16)14-9-11-15(21)12-10-14/h6-13,17H,5H2,1-4H3. The quantitative estimate of drug-likeness (QED) is 0.654. The summed E-state index contributed by atoms with van der Waals surface area (Å²) in [6.45, 7) is 8.21. The highest BCUT2D eigenvalue weighted by Gasteiger charge is 2.31. The van der Waals surface area contributed by atoms with Crippen molar-refractivity contribution in [1.82, 2.24) is 30.1 Å². The minimum absolute atomic E-state index is 0.0617. The first-order valence-corrected chi connectivity index (χ1v) is 9.47. The summed E-state index contributed by atoms with van der Waals surface area (Å²) >= 11 is 6.05. The monoisotopic (exact) mass is 398 g/mol. The van der Waals surface area contributed by atoms with Crippen LogP contribution >= 0.6 is 11.6 Å². The van der Waals surface area contributed by atoms with E-state index in [-0.39, 0.29) is 17.3 Å². The zero-order valence-electron chi connectivity index (χ0n) is 16.4. The molecule has 7 nitrogen and oxygen atoms in total. The van der Waals surface area contributed by atoms with Crippen molar-refractivity contribution in [3.05, 3.63) is 70.8 Å². The molecule has 1 unspecified atom stereocenters. The Bertz CT molecular complexity index is 933. The molecule has 3 aromatic rings. The first kappa shape index (κ1) is 19.9. The molecular formula is C20H23ClN6O. The molecule has 2 heterocycles. The van der Waals surface area contributed by atoms with Crippen molar-refractivity contribution < 1.29 is 4.79 Å². The summed E-state index contributed by atoms with van der Waals surface area (Å²) < 4.78 is 0. The minimum atomic E-state index is -0.391. The molecule has 0 bridgehead atoms. The predicted octanol–water partition coefficient (Wildman–Crippen LogP) is 3.73. The van der Waals surface area contributed by atoms with Crippen molar-refractivity contribution >= 4 is 17.5 Å². The molecule has 0 saturated heterocycles. The number of halogens is 1. The SMILES string of the molecule is CCN(C(=O)c1nnn(C(C)(C)C)n1)C(c1ccc(Cl)cc1)c1ccccn1. The van der Waals surface area contributed by atoms with Crippen molar-refractivity contribution in [1.29, 1.82) is 0 Å². The molecule has 0 N–H and O–H groups in total. The molecule has 28 heavy (non-hydrogen) atoms. The van der Waals surface area contributed by atoms with E-state index in [2.05, 4.69) is 20.4 Å². The third-order valence-corrected chi connectivity index (χ3v) is 4.52. The molecule has 1 aromatic carbocycles. The van der Waals surface area contributed by atoms with Gasteiger partial charge in [0.2, 0.25) is 0 Å². The highest BCUT2D eigenvalue weighted by molar-refractivity contribution is 6.30. The summed E-state index contributed by atoms with van der Waals surface area (Å²) in [4.78, 5) is 20.9. The normalized spacial score (nSPS) is 12.6. The van der Waals surface area contributed by atoms with Gasteiger partial charge in [0.25, 0.3) is 11.7 Å². The molecule has 2 aromatic heterocycles. The van der Waals surface area contributed by atoms with E-state index < -0.39 is 6.04 Å². The fraction of sp³-hybridized carbons (Fsp3) is 0.350. The third kappa shape index (κ3) is 4.20. The van der Waals surface area contributed by atoms with Crippen LogP contribution in [0, 0.1) is 0 Å². The number of carbonyl (C=O) groups is 1. The first-order valence-electron chi connectivity index (χ1n) is 9.09. The lowest BCUT2D eigenvalue weighted by atomic mass is 10.0. The van der Waals surface area contributed by atoms with Gasteiger partial charge in [-0.3, -0.25) is 9.78 Å². The predicted molar refractivity (Wildman–Crippen MR) is 107 cm³/mol. The smallest absolute Gasteiger partial charge is 0.296 e. The molecule has 0 aliphatic carbocycles. The maximum Gasteiger partial charge on any atom is 0.296 e. The summed E-state index contributed by atoms with van der Waals surface area (Å²) in [7, 11) is 0. The molecule has 8 heteroatoms. The molecule has 0 saturated carbocycles. The second-order valence-electron chi connectivity index (χ2n) is 7.37. The molecular weight excluding hydrogens is 376 g/mol. The highest BCUT2D eigenvalue weighted by Crippen LogP contribution is 2.29. The molecule has 0 spiro atoms. The van der Waals surface area contributed by atoms with E-state index in [1.807, 2.05) is 58.0 Å². The van der Waals surface area contributed by atoms with Gasteiger partial charge in [-0.1, -0.05) is 29.8 Å². The Kier molecular flexibility index (Phi) is 5.74. The second-order valence-corrected chi connectivity index (χ2v) is 7.81. The van der Waals surface area contributed by atoms with Crippen molar-refractivity contribution in [2.45, 2.75) is 39.3 Å². The van der Waals surface area contributed by atoms with Gasteiger partial charge < -0.3 is 4.90 Å². The van der Waals surface area contributed by atoms with Crippen molar-refractivity contribution in [2.75, 3.05) is 6.54 Å². The zero-order valence-corrected chi connectivity index (χ0v) is 17.1. The maximum atomic E-state index is 13.3. The van der Waals surface area contributed by atoms with Crippen LogP contribution in [0.1, 0.15) is 55.6 Å². The Balaban J connectivity index is 2.02. The Hall–Kier alpha value is -2.80. The van der Waals surface area contributed by atoms with E-state index in [1.54, 1.807) is 23.2 Å². The van der Waals surface area contributed by atoms with Crippen molar-refractivity contribution in [2.24, 2.45) is 0 Å². The number of hydrogen-bond acceptors (Lipinski definition) is 5. The molecule has 0 aliphatic rings. The number of benzene rings is 1. The van der Waals surface area contributed by atoms with E-state index in [9.17, 15) is 4.79 Å². The van der Waals surface area contributed by atoms with Crippen LogP contribution in [0.4, 0.5) is 0 Å². The Morgan fingerprint density at radius 1 is 1.18 bits per heavy atom. The lowest BCUT2D eigenvalue weighted by Gasteiger charge is -2.30. The van der Waals surface area contributed by atoms with Crippen LogP contribution in [-0.4, -0.2) is 42.5 Å². The highest BCUT2D eigenvalue weighted by atomic mass is 35.5. The minimum Gasteiger partial charge on any atom is -0.323 e. The van der Waals surface area contributed by atoms with Gasteiger partial charge in [-0.05, 0) is 62.7 Å². The molecule has 1 amide bonds. The Morgan fingerprint density at radius 2 is 1.89 bits per heavy atom. The first-order chi connectivity index (χ1) is 13.3. The average Bonchev–Trinajstić information content (AvgIpc) is 3.18. The fourth-order valence-electron chi connectivity index (χ4n) is 2.85. The van der Waals surface area contributed by atoms with Crippen LogP contribution in [0.3, 0.4) is 0 Å². The van der Waals surface area contributed by atoms with Gasteiger partial charge in [0.05, 0.1) is 17.3 Å². The van der Waals surface area contributed by atoms with Gasteiger partial charge in [0.1, 0.15) is 0 Å². The maximum absolute atomic E-state index is 13.3. The van der Waals surface area contributed by atoms with Crippen LogP contribution in [0.2, 0.25) is 5.02 Å². The molecule has 1 atom stereocenters. The van der Waals surface area contributed by atoms with E-state index in [4.69, 9.17) is 11.6 Å². The molecule has 0 fully saturated rings. The summed E-state index contributed by atoms with van der Waals surface area (Å²) in [6, 6.07) is 12.7. The summed E-state index contributed by atoms with van der Waals surface area (Å²) in [5, 5.41) is 12.9. The zero-order chi connectivity index (χ0) is 20.3. The number of aromatic nitrogens is 5. The molecule has 0 radical (unpaired) electrons. The lowest BCUT2D eigenvalue weighted by Crippen LogP contribution is -2.36. The van der Waals surface area contributed by atoms with Gasteiger partial charge in [-0.15, -0.1) is 10.2 Å². The number of carbonyl (C=O) groups excluding carboxylic acids is 1. The second kappa shape index (κ2) is 8.06. The number of pyridine rings is 1. The van der Waals surface area contributed by atoms with E-state index in [1.165, 1.54) is 4.80 Å². The van der Waals surface area contributed by atoms with Crippen LogP contribution in [-0.2, 0) is 5.54 Å². The van der Waals surface area contributed by atoms with Gasteiger partial charge >= 0.3 is 0 Å². The fourth-order valence-corrected chi connectivity index (χ4v) is 2.98. The summed E-state index contributed by atoms with van der Waals surface area (Å²) in [5.74, 6) is -0.240. The molecule has 146 valence electrons. The Labute approximate surface area is 169 Å². The van der Waals surface area contributed by atoms with Gasteiger partial charge in [0.15, 0.2) is 0 Å². The molecule has 0 aliphatic heterocycles. The van der Waals surface area contributed by atoms with Crippen LogP contribution in [0.25, 0.3) is 0 Å². The van der Waals surface area contributed by atoms with Crippen molar-refractivity contribution in [3.8, 4) is 0 Å². The lowest BCUT2D eigenvalue weighted by molar-refractivity contribution is 0.0700. The number of hydrogen-bond donors (Lipinski definition) is 0. The average molecular weight is 399 g/mol. The summed E-state index contributed by atoms with van der Waals surface area (Å²) in [6.07, 6.45) is 1.71. The topological polar surface area (TPSA) is 76.8 Å². The number of rotatable bonds is 5. The summed E-state index contributed by atoms with van der Waals surface area (Å²) in [5.41, 5.74) is 1.30. The number of nitrogens with zero attached hydrogens (tertiary/aromatic N) is 6. The Morgan fingerprint density at radius 3 is 2.43 bits per heavy atom. The van der Waals surface area contributed by atoms with Gasteiger partial charge in [0, 0.05) is 17.8 Å². The van der Waals surface area contributed by atoms with Gasteiger partial charge in [-0.25, -0.2) is 0 Å². The van der Waals surface area contributed by atoms with Crippen LogP contribution in [0.15, 0.2) is 48.7 Å². The van der Waals surface area contributed by atoms with E-state index in [0.717, 1.165) is 11.3 Å². The number of amides is 1. The van der Waals surface area contributed by atoms with Crippen LogP contribution < -0.4 is 0 Å². The van der Waals surface area contributed by atoms with Gasteiger partial charge in [-0.2, -0.15) is 4.80 Å².